The average molecular weight is 223 g/mol. The number of hydrogen-bond acceptors (Lipinski definition) is 2. The van der Waals surface area contributed by atoms with Crippen molar-refractivity contribution in [1.82, 2.24) is 0 Å². The molecule has 0 amide bonds. The van der Waals surface area contributed by atoms with E-state index in [1.807, 2.05) is 20.8 Å². The van der Waals surface area contributed by atoms with Gasteiger partial charge in [0.15, 0.2) is 0 Å². The lowest BCUT2D eigenvalue weighted by atomic mass is 9.58. The Hall–Kier alpha value is -0.550. The van der Waals surface area contributed by atoms with Crippen molar-refractivity contribution in [1.29, 1.82) is 5.26 Å². The summed E-state index contributed by atoms with van der Waals surface area (Å²) in [7, 11) is 0. The van der Waals surface area contributed by atoms with E-state index in [4.69, 9.17) is 0 Å². The van der Waals surface area contributed by atoms with Gasteiger partial charge in [-0.1, -0.05) is 27.7 Å². The Kier molecular flexibility index (Phi) is 4.02. The second kappa shape index (κ2) is 4.75. The van der Waals surface area contributed by atoms with E-state index < -0.39 is 11.0 Å². The predicted octanol–water partition coefficient (Wildman–Crippen LogP) is 3.50. The molecule has 92 valence electrons. The fraction of sp³-hybridized carbons (Fsp3) is 0.929. The summed E-state index contributed by atoms with van der Waals surface area (Å²) >= 11 is 0. The molecule has 2 nitrogen and oxygen atoms in total. The maximum absolute atomic E-state index is 10.8. The Morgan fingerprint density at radius 2 is 1.94 bits per heavy atom. The zero-order valence-corrected chi connectivity index (χ0v) is 11.1. The van der Waals surface area contributed by atoms with Crippen LogP contribution in [0.15, 0.2) is 0 Å². The van der Waals surface area contributed by atoms with Crippen LogP contribution in [0.4, 0.5) is 0 Å². The number of nitrogens with zero attached hydrogens (tertiary/aromatic N) is 1. The molecule has 1 unspecified atom stereocenters. The third-order valence-corrected chi connectivity index (χ3v) is 4.66. The average Bonchev–Trinajstić information content (AvgIpc) is 2.29. The largest absolute Gasteiger partial charge is 0.388 e. The fourth-order valence-electron chi connectivity index (χ4n) is 3.20. The van der Waals surface area contributed by atoms with Crippen molar-refractivity contribution in [3.05, 3.63) is 0 Å². The highest BCUT2D eigenvalue weighted by atomic mass is 16.3. The van der Waals surface area contributed by atoms with Crippen molar-refractivity contribution in [2.45, 2.75) is 65.4 Å². The molecule has 1 fully saturated rings. The molecule has 1 aliphatic rings. The first kappa shape index (κ1) is 13.5. The number of aliphatic hydroxyl groups is 1. The minimum atomic E-state index is -0.818. The van der Waals surface area contributed by atoms with Gasteiger partial charge in [0.2, 0.25) is 0 Å². The Morgan fingerprint density at radius 3 is 2.25 bits per heavy atom. The van der Waals surface area contributed by atoms with E-state index in [2.05, 4.69) is 13.0 Å². The predicted molar refractivity (Wildman–Crippen MR) is 65.8 cm³/mol. The van der Waals surface area contributed by atoms with Crippen molar-refractivity contribution in [2.24, 2.45) is 17.3 Å². The minimum Gasteiger partial charge on any atom is -0.388 e. The van der Waals surface area contributed by atoms with E-state index in [9.17, 15) is 10.4 Å². The van der Waals surface area contributed by atoms with Gasteiger partial charge in [-0.25, -0.2) is 0 Å². The summed E-state index contributed by atoms with van der Waals surface area (Å²) < 4.78 is 0. The Labute approximate surface area is 99.7 Å². The molecule has 0 saturated heterocycles. The molecule has 1 rings (SSSR count). The van der Waals surface area contributed by atoms with Crippen LogP contribution < -0.4 is 0 Å². The molecular weight excluding hydrogens is 198 g/mol. The molecule has 0 bridgehead atoms. The molecule has 1 N–H and O–H groups in total. The highest BCUT2D eigenvalue weighted by molar-refractivity contribution is 5.13. The van der Waals surface area contributed by atoms with Gasteiger partial charge in [-0.05, 0) is 43.9 Å². The van der Waals surface area contributed by atoms with Gasteiger partial charge in [0.1, 0.15) is 0 Å². The summed E-state index contributed by atoms with van der Waals surface area (Å²) in [5.41, 5.74) is -1.33. The lowest BCUT2D eigenvalue weighted by molar-refractivity contribution is -0.113. The number of hydrogen-bond donors (Lipinski definition) is 1. The van der Waals surface area contributed by atoms with E-state index in [0.29, 0.717) is 12.3 Å². The molecule has 16 heavy (non-hydrogen) atoms. The van der Waals surface area contributed by atoms with Crippen molar-refractivity contribution < 1.29 is 5.11 Å². The third kappa shape index (κ3) is 1.98. The fourth-order valence-corrected chi connectivity index (χ4v) is 3.20. The van der Waals surface area contributed by atoms with Crippen LogP contribution in [-0.4, -0.2) is 10.7 Å². The van der Waals surface area contributed by atoms with Crippen LogP contribution in [0.3, 0.4) is 0 Å². The third-order valence-electron chi connectivity index (χ3n) is 4.66. The monoisotopic (exact) mass is 223 g/mol. The van der Waals surface area contributed by atoms with Crippen LogP contribution in [0.25, 0.3) is 0 Å². The van der Waals surface area contributed by atoms with Gasteiger partial charge in [-0.15, -0.1) is 0 Å². The van der Waals surface area contributed by atoms with Crippen molar-refractivity contribution in [3.8, 4) is 6.07 Å². The number of rotatable bonds is 3. The lowest BCUT2D eigenvalue weighted by Crippen LogP contribution is -2.52. The molecule has 0 aromatic rings. The molecular formula is C14H25NO. The highest BCUT2D eigenvalue weighted by Crippen LogP contribution is 2.50. The second-order valence-corrected chi connectivity index (χ2v) is 5.81. The van der Waals surface area contributed by atoms with Gasteiger partial charge in [0, 0.05) is 0 Å². The van der Waals surface area contributed by atoms with E-state index in [1.54, 1.807) is 0 Å². The van der Waals surface area contributed by atoms with Crippen molar-refractivity contribution in [2.75, 3.05) is 0 Å². The van der Waals surface area contributed by atoms with Crippen LogP contribution in [-0.2, 0) is 0 Å². The van der Waals surface area contributed by atoms with Crippen LogP contribution >= 0.6 is 0 Å². The summed E-state index contributed by atoms with van der Waals surface area (Å²) in [5, 5.41) is 20.4. The Bertz CT molecular complexity index is 271. The maximum atomic E-state index is 10.8. The van der Waals surface area contributed by atoms with Crippen LogP contribution in [0.1, 0.15) is 59.8 Å². The molecule has 0 spiro atoms. The standard InChI is InChI=1S/C14H25NO/c1-5-14(16,11(2)3)13(10-15)8-6-12(4)7-9-13/h11-12,16H,5-9H2,1-4H3. The summed E-state index contributed by atoms with van der Waals surface area (Å²) in [5.74, 6) is 0.847. The van der Waals surface area contributed by atoms with Gasteiger partial charge in [-0.3, -0.25) is 0 Å². The van der Waals surface area contributed by atoms with Crippen LogP contribution in [0.5, 0.6) is 0 Å². The van der Waals surface area contributed by atoms with Crippen LogP contribution in [0, 0.1) is 28.6 Å². The van der Waals surface area contributed by atoms with E-state index >= 15 is 0 Å². The van der Waals surface area contributed by atoms with Crippen molar-refractivity contribution >= 4 is 0 Å². The quantitative estimate of drug-likeness (QED) is 0.795. The smallest absolute Gasteiger partial charge is 0.0862 e. The first-order chi connectivity index (χ1) is 7.42. The summed E-state index contributed by atoms with van der Waals surface area (Å²) in [6.45, 7) is 8.29. The topological polar surface area (TPSA) is 44.0 Å². The van der Waals surface area contributed by atoms with Gasteiger partial charge in [-0.2, -0.15) is 5.26 Å². The summed E-state index contributed by atoms with van der Waals surface area (Å²) in [4.78, 5) is 0. The molecule has 0 aromatic carbocycles. The molecule has 0 aromatic heterocycles. The summed E-state index contributed by atoms with van der Waals surface area (Å²) in [6, 6.07) is 2.46. The van der Waals surface area contributed by atoms with Crippen LogP contribution in [0.2, 0.25) is 0 Å². The SMILES string of the molecule is CCC(O)(C(C)C)C1(C#N)CCC(C)CC1. The van der Waals surface area contributed by atoms with E-state index in [-0.39, 0.29) is 5.92 Å². The number of nitriles is 1. The first-order valence-corrected chi connectivity index (χ1v) is 6.55. The molecule has 1 saturated carbocycles. The molecule has 0 heterocycles. The summed E-state index contributed by atoms with van der Waals surface area (Å²) in [6.07, 6.45) is 4.53. The molecule has 0 aliphatic heterocycles. The van der Waals surface area contributed by atoms with Gasteiger partial charge in [0.05, 0.1) is 17.1 Å². The highest BCUT2D eigenvalue weighted by Gasteiger charge is 2.52. The second-order valence-electron chi connectivity index (χ2n) is 5.81. The maximum Gasteiger partial charge on any atom is 0.0862 e. The zero-order chi connectivity index (χ0) is 12.4. The van der Waals surface area contributed by atoms with E-state index in [1.165, 1.54) is 0 Å². The Balaban J connectivity index is 3.00. The van der Waals surface area contributed by atoms with E-state index in [0.717, 1.165) is 25.7 Å². The Morgan fingerprint density at radius 1 is 1.44 bits per heavy atom. The zero-order valence-electron chi connectivity index (χ0n) is 11.1. The first-order valence-electron chi connectivity index (χ1n) is 6.55. The van der Waals surface area contributed by atoms with Gasteiger partial charge >= 0.3 is 0 Å². The minimum absolute atomic E-state index is 0.144. The molecule has 0 radical (unpaired) electrons. The van der Waals surface area contributed by atoms with Gasteiger partial charge in [0.25, 0.3) is 0 Å². The van der Waals surface area contributed by atoms with Gasteiger partial charge < -0.3 is 5.11 Å². The van der Waals surface area contributed by atoms with Crippen molar-refractivity contribution in [3.63, 3.8) is 0 Å². The normalized spacial score (nSPS) is 34.4. The molecule has 1 atom stereocenters. The molecule has 2 heteroatoms. The molecule has 1 aliphatic carbocycles. The lowest BCUT2D eigenvalue weighted by Gasteiger charge is -2.48.